The molecule has 0 amide bonds. The van der Waals surface area contributed by atoms with Crippen molar-refractivity contribution in [3.05, 3.63) is 57.8 Å². The molecule has 0 saturated heterocycles. The van der Waals surface area contributed by atoms with Gasteiger partial charge in [0, 0.05) is 27.4 Å². The molecule has 0 aliphatic rings. The van der Waals surface area contributed by atoms with Gasteiger partial charge in [0.1, 0.15) is 11.9 Å². The fourth-order valence-corrected chi connectivity index (χ4v) is 2.19. The molecule has 5 heteroatoms. The second-order valence-electron chi connectivity index (χ2n) is 4.37. The summed E-state index contributed by atoms with van der Waals surface area (Å²) in [6.07, 6.45) is 3.22. The maximum atomic E-state index is 10.4. The highest BCUT2D eigenvalue weighted by atomic mass is 35.5. The van der Waals surface area contributed by atoms with Crippen LogP contribution >= 0.6 is 23.2 Å². The third-order valence-electron chi connectivity index (χ3n) is 2.78. The van der Waals surface area contributed by atoms with Gasteiger partial charge in [-0.3, -0.25) is 4.98 Å². The standard InChI is InChI=1S/C15H15Cl2NO2/c1-2-5-20-12-6-10(8-18-9-12)15(19)13-7-11(16)3-4-14(13)17/h3-4,6-9,15,19H,2,5H2,1H3. The lowest BCUT2D eigenvalue weighted by atomic mass is 10.0. The van der Waals surface area contributed by atoms with Crippen molar-refractivity contribution in [3.8, 4) is 5.75 Å². The van der Waals surface area contributed by atoms with E-state index >= 15 is 0 Å². The number of hydrogen-bond donors (Lipinski definition) is 1. The lowest BCUT2D eigenvalue weighted by Gasteiger charge is -2.14. The fourth-order valence-electron chi connectivity index (χ4n) is 1.79. The molecule has 0 bridgehead atoms. The van der Waals surface area contributed by atoms with E-state index in [0.717, 1.165) is 6.42 Å². The topological polar surface area (TPSA) is 42.4 Å². The minimum absolute atomic E-state index is 0.460. The summed E-state index contributed by atoms with van der Waals surface area (Å²) in [7, 11) is 0. The Kier molecular flexibility index (Phi) is 5.24. The predicted molar refractivity (Wildman–Crippen MR) is 80.5 cm³/mol. The smallest absolute Gasteiger partial charge is 0.137 e. The van der Waals surface area contributed by atoms with Crippen molar-refractivity contribution in [2.75, 3.05) is 6.61 Å². The molecular weight excluding hydrogens is 297 g/mol. The SMILES string of the molecule is CCCOc1cncc(C(O)c2cc(Cl)ccc2Cl)c1. The Bertz CT molecular complexity index is 590. The van der Waals surface area contributed by atoms with E-state index in [-0.39, 0.29) is 0 Å². The van der Waals surface area contributed by atoms with Gasteiger partial charge >= 0.3 is 0 Å². The van der Waals surface area contributed by atoms with Gasteiger partial charge in [0.2, 0.25) is 0 Å². The summed E-state index contributed by atoms with van der Waals surface area (Å²) in [5.74, 6) is 0.626. The van der Waals surface area contributed by atoms with Crippen LogP contribution in [0.1, 0.15) is 30.6 Å². The molecule has 106 valence electrons. The van der Waals surface area contributed by atoms with Crippen LogP contribution in [0.25, 0.3) is 0 Å². The van der Waals surface area contributed by atoms with Crippen molar-refractivity contribution in [1.29, 1.82) is 0 Å². The number of aliphatic hydroxyl groups is 1. The lowest BCUT2D eigenvalue weighted by Crippen LogP contribution is -2.03. The second kappa shape index (κ2) is 6.93. The van der Waals surface area contributed by atoms with Crippen LogP contribution in [-0.2, 0) is 0 Å². The largest absolute Gasteiger partial charge is 0.492 e. The third kappa shape index (κ3) is 3.63. The highest BCUT2D eigenvalue weighted by Gasteiger charge is 2.15. The fraction of sp³-hybridized carbons (Fsp3) is 0.267. The second-order valence-corrected chi connectivity index (χ2v) is 5.21. The normalized spacial score (nSPS) is 12.2. The molecule has 1 heterocycles. The molecule has 1 atom stereocenters. The quantitative estimate of drug-likeness (QED) is 0.897. The van der Waals surface area contributed by atoms with E-state index in [1.165, 1.54) is 0 Å². The molecule has 0 aliphatic carbocycles. The molecule has 1 N–H and O–H groups in total. The summed E-state index contributed by atoms with van der Waals surface area (Å²) in [5.41, 5.74) is 1.16. The first-order valence-electron chi connectivity index (χ1n) is 6.32. The Hall–Kier alpha value is -1.29. The zero-order valence-electron chi connectivity index (χ0n) is 11.0. The monoisotopic (exact) mass is 311 g/mol. The Labute approximate surface area is 128 Å². The molecule has 1 unspecified atom stereocenters. The van der Waals surface area contributed by atoms with Gasteiger partial charge in [0.25, 0.3) is 0 Å². The first-order chi connectivity index (χ1) is 9.61. The number of pyridine rings is 1. The van der Waals surface area contributed by atoms with Crippen LogP contribution < -0.4 is 4.74 Å². The van der Waals surface area contributed by atoms with Gasteiger partial charge in [-0.1, -0.05) is 30.1 Å². The molecular formula is C15H15Cl2NO2. The van der Waals surface area contributed by atoms with E-state index in [2.05, 4.69) is 4.98 Å². The van der Waals surface area contributed by atoms with E-state index in [1.807, 2.05) is 6.92 Å². The average Bonchev–Trinajstić information content (AvgIpc) is 2.47. The van der Waals surface area contributed by atoms with Crippen LogP contribution in [0.15, 0.2) is 36.7 Å². The van der Waals surface area contributed by atoms with Crippen LogP contribution in [0, 0.1) is 0 Å². The van der Waals surface area contributed by atoms with E-state index in [1.54, 1.807) is 36.7 Å². The van der Waals surface area contributed by atoms with Crippen LogP contribution in [-0.4, -0.2) is 16.7 Å². The minimum Gasteiger partial charge on any atom is -0.492 e. The Morgan fingerprint density at radius 2 is 2.05 bits per heavy atom. The third-order valence-corrected chi connectivity index (χ3v) is 3.35. The molecule has 1 aromatic heterocycles. The predicted octanol–water partition coefficient (Wildman–Crippen LogP) is 4.26. The van der Waals surface area contributed by atoms with Crippen molar-refractivity contribution >= 4 is 23.2 Å². The molecule has 3 nitrogen and oxygen atoms in total. The Balaban J connectivity index is 2.28. The van der Waals surface area contributed by atoms with Crippen molar-refractivity contribution in [3.63, 3.8) is 0 Å². The number of halogens is 2. The van der Waals surface area contributed by atoms with Gasteiger partial charge in [-0.2, -0.15) is 0 Å². The minimum atomic E-state index is -0.890. The molecule has 0 fully saturated rings. The van der Waals surface area contributed by atoms with E-state index in [9.17, 15) is 5.11 Å². The summed E-state index contributed by atoms with van der Waals surface area (Å²) in [6, 6.07) is 6.74. The number of benzene rings is 1. The Morgan fingerprint density at radius 3 is 2.80 bits per heavy atom. The van der Waals surface area contributed by atoms with Crippen molar-refractivity contribution in [2.24, 2.45) is 0 Å². The van der Waals surface area contributed by atoms with Gasteiger partial charge < -0.3 is 9.84 Å². The summed E-state index contributed by atoms with van der Waals surface area (Å²) >= 11 is 12.0. The summed E-state index contributed by atoms with van der Waals surface area (Å²) < 4.78 is 5.50. The number of rotatable bonds is 5. The van der Waals surface area contributed by atoms with Gasteiger partial charge in [-0.05, 0) is 30.7 Å². The first kappa shape index (κ1) is 15.1. The molecule has 2 aromatic rings. The van der Waals surface area contributed by atoms with Crippen LogP contribution in [0.3, 0.4) is 0 Å². The van der Waals surface area contributed by atoms with Gasteiger partial charge in [-0.25, -0.2) is 0 Å². The Morgan fingerprint density at radius 1 is 1.25 bits per heavy atom. The summed E-state index contributed by atoms with van der Waals surface area (Å²) in [5, 5.41) is 11.4. The summed E-state index contributed by atoms with van der Waals surface area (Å²) in [4.78, 5) is 4.08. The molecule has 0 spiro atoms. The number of hydrogen-bond acceptors (Lipinski definition) is 3. The summed E-state index contributed by atoms with van der Waals surface area (Å²) in [6.45, 7) is 2.64. The zero-order valence-corrected chi connectivity index (χ0v) is 12.5. The van der Waals surface area contributed by atoms with Crippen LogP contribution in [0.4, 0.5) is 0 Å². The van der Waals surface area contributed by atoms with Crippen LogP contribution in [0.5, 0.6) is 5.75 Å². The van der Waals surface area contributed by atoms with Crippen molar-refractivity contribution in [1.82, 2.24) is 4.98 Å². The van der Waals surface area contributed by atoms with Gasteiger partial charge in [0.05, 0.1) is 12.8 Å². The maximum Gasteiger partial charge on any atom is 0.137 e. The number of nitrogens with zero attached hydrogens (tertiary/aromatic N) is 1. The number of ether oxygens (including phenoxy) is 1. The zero-order chi connectivity index (χ0) is 14.5. The highest BCUT2D eigenvalue weighted by Crippen LogP contribution is 2.31. The molecule has 20 heavy (non-hydrogen) atoms. The molecule has 2 rings (SSSR count). The van der Waals surface area contributed by atoms with E-state index in [0.29, 0.717) is 33.5 Å². The van der Waals surface area contributed by atoms with Crippen molar-refractivity contribution < 1.29 is 9.84 Å². The molecule has 0 radical (unpaired) electrons. The lowest BCUT2D eigenvalue weighted by molar-refractivity contribution is 0.219. The van der Waals surface area contributed by atoms with E-state index < -0.39 is 6.10 Å². The van der Waals surface area contributed by atoms with Gasteiger partial charge in [-0.15, -0.1) is 0 Å². The maximum absolute atomic E-state index is 10.4. The highest BCUT2D eigenvalue weighted by molar-refractivity contribution is 6.33. The average molecular weight is 312 g/mol. The van der Waals surface area contributed by atoms with Crippen LogP contribution in [0.2, 0.25) is 10.0 Å². The molecule has 1 aromatic carbocycles. The number of aliphatic hydroxyl groups excluding tert-OH is 1. The van der Waals surface area contributed by atoms with E-state index in [4.69, 9.17) is 27.9 Å². The molecule has 0 saturated carbocycles. The molecule has 0 aliphatic heterocycles. The number of aromatic nitrogens is 1. The van der Waals surface area contributed by atoms with Crippen molar-refractivity contribution in [2.45, 2.75) is 19.4 Å². The van der Waals surface area contributed by atoms with Gasteiger partial charge in [0.15, 0.2) is 0 Å². The first-order valence-corrected chi connectivity index (χ1v) is 7.08.